The van der Waals surface area contributed by atoms with Gasteiger partial charge in [0, 0.05) is 6.42 Å². The maximum atomic E-state index is 10.9. The molecule has 1 aliphatic carbocycles. The van der Waals surface area contributed by atoms with E-state index in [1.54, 1.807) is 0 Å². The second kappa shape index (κ2) is 4.36. The van der Waals surface area contributed by atoms with E-state index in [2.05, 4.69) is 6.08 Å². The summed E-state index contributed by atoms with van der Waals surface area (Å²) in [6.07, 6.45) is 4.47. The largest absolute Gasteiger partial charge is 0.524 e. The molecular weight excluding hydrogens is 227 g/mol. The number of phosphoric ester groups is 1. The molecule has 0 bridgehead atoms. The van der Waals surface area contributed by atoms with Gasteiger partial charge in [-0.2, -0.15) is 0 Å². The molecule has 16 heavy (non-hydrogen) atoms. The molecule has 5 heteroatoms. The predicted octanol–water partition coefficient (Wildman–Crippen LogP) is 2.99. The summed E-state index contributed by atoms with van der Waals surface area (Å²) in [4.78, 5) is 17.7. The highest BCUT2D eigenvalue weighted by molar-refractivity contribution is 7.46. The molecule has 2 N–H and O–H groups in total. The van der Waals surface area contributed by atoms with Gasteiger partial charge in [0.15, 0.2) is 0 Å². The van der Waals surface area contributed by atoms with Gasteiger partial charge < -0.3 is 4.52 Å². The van der Waals surface area contributed by atoms with Crippen LogP contribution in [0.25, 0.3) is 0 Å². The van der Waals surface area contributed by atoms with Gasteiger partial charge >= 0.3 is 7.82 Å². The van der Waals surface area contributed by atoms with E-state index in [4.69, 9.17) is 14.3 Å². The fraction of sp³-hybridized carbons (Fsp3) is 0.636. The molecule has 1 aliphatic rings. The van der Waals surface area contributed by atoms with E-state index < -0.39 is 7.82 Å². The highest BCUT2D eigenvalue weighted by atomic mass is 31.2. The molecule has 0 heterocycles. The molecule has 0 saturated carbocycles. The first-order valence-electron chi connectivity index (χ1n) is 5.28. The fourth-order valence-electron chi connectivity index (χ4n) is 1.73. The van der Waals surface area contributed by atoms with Crippen LogP contribution in [0.5, 0.6) is 0 Å². The number of allylic oxidation sites excluding steroid dienone is 4. The molecule has 0 spiro atoms. The molecule has 0 radical (unpaired) electrons. The highest BCUT2D eigenvalue weighted by Crippen LogP contribution is 2.46. The van der Waals surface area contributed by atoms with E-state index >= 15 is 0 Å². The van der Waals surface area contributed by atoms with Crippen molar-refractivity contribution in [1.29, 1.82) is 0 Å². The van der Waals surface area contributed by atoms with Gasteiger partial charge in [-0.25, -0.2) is 4.57 Å². The van der Waals surface area contributed by atoms with Crippen LogP contribution in [0.1, 0.15) is 34.1 Å². The Labute approximate surface area is 96.3 Å². The van der Waals surface area contributed by atoms with Crippen LogP contribution in [0.2, 0.25) is 0 Å². The SMILES string of the molecule is CC(C)C1=C(OP(=O)(O)O)CC(C)(C)C=C1. The minimum absolute atomic E-state index is 0.122. The first kappa shape index (κ1) is 13.5. The van der Waals surface area contributed by atoms with Crippen molar-refractivity contribution in [2.45, 2.75) is 34.1 Å². The van der Waals surface area contributed by atoms with Crippen molar-refractivity contribution in [3.05, 3.63) is 23.5 Å². The molecule has 0 atom stereocenters. The van der Waals surface area contributed by atoms with Crippen LogP contribution < -0.4 is 0 Å². The minimum Gasteiger partial charge on any atom is -0.408 e. The molecule has 4 nitrogen and oxygen atoms in total. The molecule has 0 aromatic carbocycles. The van der Waals surface area contributed by atoms with Crippen molar-refractivity contribution in [2.24, 2.45) is 11.3 Å². The second-order valence-electron chi connectivity index (χ2n) is 5.11. The quantitative estimate of drug-likeness (QED) is 0.751. The third-order valence-corrected chi connectivity index (χ3v) is 2.96. The maximum absolute atomic E-state index is 10.9. The molecular formula is C11H19O4P. The lowest BCUT2D eigenvalue weighted by molar-refractivity contribution is 0.220. The molecule has 0 unspecified atom stereocenters. The van der Waals surface area contributed by atoms with Crippen LogP contribution in [0.3, 0.4) is 0 Å². The van der Waals surface area contributed by atoms with Crippen LogP contribution in [-0.4, -0.2) is 9.79 Å². The van der Waals surface area contributed by atoms with E-state index in [0.29, 0.717) is 12.2 Å². The van der Waals surface area contributed by atoms with Crippen LogP contribution in [0.4, 0.5) is 0 Å². The zero-order valence-electron chi connectivity index (χ0n) is 10.1. The number of hydrogen-bond acceptors (Lipinski definition) is 2. The molecule has 1 rings (SSSR count). The Hall–Kier alpha value is -0.570. The van der Waals surface area contributed by atoms with Gasteiger partial charge in [0.1, 0.15) is 5.76 Å². The summed E-state index contributed by atoms with van der Waals surface area (Å²) >= 11 is 0. The van der Waals surface area contributed by atoms with Crippen molar-refractivity contribution in [3.63, 3.8) is 0 Å². The molecule has 0 saturated heterocycles. The average Bonchev–Trinajstić information content (AvgIpc) is 1.97. The summed E-state index contributed by atoms with van der Waals surface area (Å²) in [6, 6.07) is 0. The van der Waals surface area contributed by atoms with Gasteiger partial charge in [-0.3, -0.25) is 9.79 Å². The smallest absolute Gasteiger partial charge is 0.408 e. The van der Waals surface area contributed by atoms with Crippen molar-refractivity contribution in [3.8, 4) is 0 Å². The van der Waals surface area contributed by atoms with Gasteiger partial charge in [-0.1, -0.05) is 39.8 Å². The van der Waals surface area contributed by atoms with Gasteiger partial charge in [-0.05, 0) is 16.9 Å². The van der Waals surface area contributed by atoms with Gasteiger partial charge in [0.2, 0.25) is 0 Å². The van der Waals surface area contributed by atoms with E-state index in [1.165, 1.54) is 0 Å². The standard InChI is InChI=1S/C11H19O4P/c1-8(2)9-5-6-11(3,4)7-10(9)15-16(12,13)14/h5-6,8H,7H2,1-4H3,(H2,12,13,14). The van der Waals surface area contributed by atoms with Gasteiger partial charge in [0.25, 0.3) is 0 Å². The highest BCUT2D eigenvalue weighted by Gasteiger charge is 2.29. The van der Waals surface area contributed by atoms with E-state index in [9.17, 15) is 4.57 Å². The van der Waals surface area contributed by atoms with Crippen LogP contribution in [-0.2, 0) is 9.09 Å². The Balaban J connectivity index is 3.05. The zero-order valence-corrected chi connectivity index (χ0v) is 11.0. The number of phosphoric acid groups is 1. The van der Waals surface area contributed by atoms with E-state index in [0.717, 1.165) is 5.57 Å². The van der Waals surface area contributed by atoms with E-state index in [1.807, 2.05) is 33.8 Å². The van der Waals surface area contributed by atoms with Crippen molar-refractivity contribution in [2.75, 3.05) is 0 Å². The Morgan fingerprint density at radius 1 is 1.44 bits per heavy atom. The summed E-state index contributed by atoms with van der Waals surface area (Å²) in [5.41, 5.74) is 0.741. The Kier molecular flexibility index (Phi) is 3.68. The van der Waals surface area contributed by atoms with Crippen molar-refractivity contribution in [1.82, 2.24) is 0 Å². The Morgan fingerprint density at radius 2 is 2.00 bits per heavy atom. The van der Waals surface area contributed by atoms with Gasteiger partial charge in [-0.15, -0.1) is 0 Å². The summed E-state index contributed by atoms with van der Waals surface area (Å²) in [7, 11) is -4.46. The third-order valence-electron chi connectivity index (χ3n) is 2.50. The first-order valence-corrected chi connectivity index (χ1v) is 6.81. The number of rotatable bonds is 3. The lowest BCUT2D eigenvalue weighted by atomic mass is 9.81. The molecule has 0 fully saturated rings. The third kappa shape index (κ3) is 3.78. The minimum atomic E-state index is -4.46. The summed E-state index contributed by atoms with van der Waals surface area (Å²) in [5, 5.41) is 0. The lowest BCUT2D eigenvalue weighted by Gasteiger charge is -2.29. The Morgan fingerprint density at radius 3 is 2.44 bits per heavy atom. The van der Waals surface area contributed by atoms with Crippen molar-refractivity contribution >= 4 is 7.82 Å². The van der Waals surface area contributed by atoms with Crippen LogP contribution in [0.15, 0.2) is 23.5 Å². The van der Waals surface area contributed by atoms with E-state index in [-0.39, 0.29) is 11.3 Å². The molecule has 0 amide bonds. The summed E-state index contributed by atoms with van der Waals surface area (Å²) in [6.45, 7) is 7.95. The molecule has 0 aliphatic heterocycles. The second-order valence-corrected chi connectivity index (χ2v) is 6.28. The molecule has 0 aromatic rings. The topological polar surface area (TPSA) is 66.8 Å². The monoisotopic (exact) mass is 246 g/mol. The normalized spacial score (nSPS) is 20.4. The fourth-order valence-corrected chi connectivity index (χ4v) is 2.18. The maximum Gasteiger partial charge on any atom is 0.524 e. The lowest BCUT2D eigenvalue weighted by Crippen LogP contribution is -2.16. The zero-order chi connectivity index (χ0) is 12.6. The van der Waals surface area contributed by atoms with Gasteiger partial charge in [0.05, 0.1) is 0 Å². The predicted molar refractivity (Wildman–Crippen MR) is 62.5 cm³/mol. The van der Waals surface area contributed by atoms with Crippen molar-refractivity contribution < 1.29 is 18.9 Å². The molecule has 0 aromatic heterocycles. The van der Waals surface area contributed by atoms with Crippen LogP contribution in [0, 0.1) is 11.3 Å². The number of hydrogen-bond donors (Lipinski definition) is 2. The summed E-state index contributed by atoms with van der Waals surface area (Å²) < 4.78 is 15.7. The average molecular weight is 246 g/mol. The first-order chi connectivity index (χ1) is 7.11. The molecule has 92 valence electrons. The summed E-state index contributed by atoms with van der Waals surface area (Å²) in [5.74, 6) is 0.602. The van der Waals surface area contributed by atoms with Crippen LogP contribution >= 0.6 is 7.82 Å². The Bertz CT molecular complexity index is 373.